The average molecular weight is 334 g/mol. The molecule has 0 aliphatic rings. The number of nitrogens with one attached hydrogen (secondary N) is 1. The Morgan fingerprint density at radius 3 is 2.78 bits per heavy atom. The zero-order chi connectivity index (χ0) is 16.6. The van der Waals surface area contributed by atoms with Gasteiger partial charge in [0.1, 0.15) is 5.15 Å². The number of carbonyl (C=O) groups excluding carboxylic acids is 2. The Bertz CT molecular complexity index is 899. The molecular formula is C15H12ClN3O4. The lowest BCUT2D eigenvalue weighted by molar-refractivity contribution is -0.114. The summed E-state index contributed by atoms with van der Waals surface area (Å²) in [6, 6.07) is 3.50. The molecule has 118 valence electrons. The lowest BCUT2D eigenvalue weighted by atomic mass is 10.1. The molecule has 7 nitrogen and oxygen atoms in total. The third kappa shape index (κ3) is 2.66. The Balaban J connectivity index is 2.28. The Morgan fingerprint density at radius 1 is 1.39 bits per heavy atom. The third-order valence-corrected chi connectivity index (χ3v) is 3.57. The molecule has 0 fully saturated rings. The minimum atomic E-state index is -0.655. The Morgan fingerprint density at radius 2 is 2.17 bits per heavy atom. The van der Waals surface area contributed by atoms with Crippen LogP contribution in [0.25, 0.3) is 16.8 Å². The van der Waals surface area contributed by atoms with Crippen LogP contribution in [0, 0.1) is 0 Å². The number of carbonyl (C=O) groups is 2. The number of fused-ring (bicyclic) bond motifs is 1. The van der Waals surface area contributed by atoms with Gasteiger partial charge in [-0.1, -0.05) is 11.6 Å². The molecule has 0 saturated carbocycles. The minimum Gasteiger partial charge on any atom is -0.472 e. The molecule has 23 heavy (non-hydrogen) atoms. The summed E-state index contributed by atoms with van der Waals surface area (Å²) in [7, 11) is 1.24. The number of pyridine rings is 1. The number of halogens is 1. The fraction of sp³-hybridized carbons (Fsp3) is 0.133. The highest BCUT2D eigenvalue weighted by atomic mass is 35.5. The Hall–Kier alpha value is -2.80. The lowest BCUT2D eigenvalue weighted by Gasteiger charge is -2.07. The molecule has 3 aromatic heterocycles. The first-order chi connectivity index (χ1) is 11.0. The van der Waals surface area contributed by atoms with Crippen molar-refractivity contribution in [1.29, 1.82) is 0 Å². The number of furan rings is 1. The van der Waals surface area contributed by atoms with E-state index in [0.29, 0.717) is 11.3 Å². The number of esters is 1. The standard InChI is InChI=1S/C15H12ClN3O4/c1-8(20)17-11-5-10(9-3-4-23-7-9)6-19-13(16)12(15(21)22-2)18-14(11)19/h3-7H,1-2H3,(H,17,20). The van der Waals surface area contributed by atoms with Crippen LogP contribution in [0.1, 0.15) is 17.4 Å². The van der Waals surface area contributed by atoms with Crippen LogP contribution in [0.4, 0.5) is 5.69 Å². The summed E-state index contributed by atoms with van der Waals surface area (Å²) in [6.07, 6.45) is 4.80. The van der Waals surface area contributed by atoms with Gasteiger partial charge in [-0.15, -0.1) is 0 Å². The maximum absolute atomic E-state index is 11.8. The fourth-order valence-electron chi connectivity index (χ4n) is 2.21. The van der Waals surface area contributed by atoms with Gasteiger partial charge in [0.25, 0.3) is 0 Å². The molecule has 0 aromatic carbocycles. The van der Waals surface area contributed by atoms with Crippen molar-refractivity contribution in [2.45, 2.75) is 6.92 Å². The number of aromatic nitrogens is 2. The highest BCUT2D eigenvalue weighted by Crippen LogP contribution is 2.30. The lowest BCUT2D eigenvalue weighted by Crippen LogP contribution is -2.07. The van der Waals surface area contributed by atoms with Crippen LogP contribution in [0.2, 0.25) is 5.15 Å². The summed E-state index contributed by atoms with van der Waals surface area (Å²) in [4.78, 5) is 27.4. The van der Waals surface area contributed by atoms with E-state index in [2.05, 4.69) is 15.0 Å². The van der Waals surface area contributed by atoms with E-state index in [1.54, 1.807) is 24.6 Å². The number of ether oxygens (including phenoxy) is 1. The number of amides is 1. The number of hydrogen-bond donors (Lipinski definition) is 1. The molecular weight excluding hydrogens is 322 g/mol. The number of nitrogens with zero attached hydrogens (tertiary/aromatic N) is 2. The molecule has 1 N–H and O–H groups in total. The van der Waals surface area contributed by atoms with Crippen molar-refractivity contribution in [2.75, 3.05) is 12.4 Å². The van der Waals surface area contributed by atoms with E-state index >= 15 is 0 Å². The van der Waals surface area contributed by atoms with Crippen LogP contribution in [0.15, 0.2) is 35.3 Å². The van der Waals surface area contributed by atoms with Crippen molar-refractivity contribution in [3.63, 3.8) is 0 Å². The third-order valence-electron chi connectivity index (χ3n) is 3.21. The van der Waals surface area contributed by atoms with E-state index in [0.717, 1.165) is 11.1 Å². The summed E-state index contributed by atoms with van der Waals surface area (Å²) in [5.41, 5.74) is 2.28. The first-order valence-electron chi connectivity index (χ1n) is 6.61. The fourth-order valence-corrected chi connectivity index (χ4v) is 2.46. The molecule has 1 amide bonds. The molecule has 3 aromatic rings. The molecule has 0 aliphatic heterocycles. The van der Waals surface area contributed by atoms with Gasteiger partial charge in [-0.05, 0) is 12.1 Å². The van der Waals surface area contributed by atoms with Gasteiger partial charge >= 0.3 is 5.97 Å². The normalized spacial score (nSPS) is 10.7. The van der Waals surface area contributed by atoms with E-state index < -0.39 is 5.97 Å². The van der Waals surface area contributed by atoms with Crippen LogP contribution in [-0.2, 0) is 9.53 Å². The SMILES string of the molecule is COC(=O)c1nc2c(NC(C)=O)cc(-c3ccoc3)cn2c1Cl. The van der Waals surface area contributed by atoms with E-state index in [1.165, 1.54) is 24.7 Å². The maximum Gasteiger partial charge on any atom is 0.359 e. The first kappa shape index (κ1) is 15.1. The van der Waals surface area contributed by atoms with Crippen molar-refractivity contribution in [1.82, 2.24) is 9.38 Å². The molecule has 0 saturated heterocycles. The van der Waals surface area contributed by atoms with Crippen LogP contribution in [0.5, 0.6) is 0 Å². The second kappa shape index (κ2) is 5.77. The van der Waals surface area contributed by atoms with Crippen LogP contribution in [0.3, 0.4) is 0 Å². The monoisotopic (exact) mass is 333 g/mol. The molecule has 0 atom stereocenters. The van der Waals surface area contributed by atoms with E-state index in [4.69, 9.17) is 16.0 Å². The molecule has 3 heterocycles. The predicted molar refractivity (Wildman–Crippen MR) is 83.5 cm³/mol. The Labute approximate surface area is 135 Å². The zero-order valence-corrected chi connectivity index (χ0v) is 13.0. The van der Waals surface area contributed by atoms with Crippen molar-refractivity contribution in [2.24, 2.45) is 0 Å². The molecule has 3 rings (SSSR count). The molecule has 0 unspecified atom stereocenters. The van der Waals surface area contributed by atoms with Gasteiger partial charge in [0.15, 0.2) is 11.3 Å². The number of hydrogen-bond acceptors (Lipinski definition) is 5. The predicted octanol–water partition coefficient (Wildman–Crippen LogP) is 2.99. The van der Waals surface area contributed by atoms with Crippen LogP contribution >= 0.6 is 11.6 Å². The second-order valence-corrected chi connectivity index (χ2v) is 5.13. The highest BCUT2D eigenvalue weighted by Gasteiger charge is 2.21. The van der Waals surface area contributed by atoms with Gasteiger partial charge in [0, 0.05) is 24.2 Å². The number of imidazole rings is 1. The van der Waals surface area contributed by atoms with Gasteiger partial charge in [0.2, 0.25) is 5.91 Å². The zero-order valence-electron chi connectivity index (χ0n) is 12.3. The van der Waals surface area contributed by atoms with Crippen molar-refractivity contribution in [3.05, 3.63) is 41.7 Å². The topological polar surface area (TPSA) is 85.8 Å². The number of anilines is 1. The van der Waals surface area contributed by atoms with E-state index in [-0.39, 0.29) is 16.8 Å². The summed E-state index contributed by atoms with van der Waals surface area (Å²) in [5.74, 6) is -0.924. The van der Waals surface area contributed by atoms with Gasteiger partial charge in [0.05, 0.1) is 25.3 Å². The number of methoxy groups -OCH3 is 1. The van der Waals surface area contributed by atoms with Gasteiger partial charge in [-0.3, -0.25) is 9.20 Å². The van der Waals surface area contributed by atoms with Crippen molar-refractivity contribution in [3.8, 4) is 11.1 Å². The molecule has 0 spiro atoms. The smallest absolute Gasteiger partial charge is 0.359 e. The van der Waals surface area contributed by atoms with E-state index in [1.807, 2.05) is 0 Å². The summed E-state index contributed by atoms with van der Waals surface area (Å²) in [5, 5.41) is 2.78. The maximum atomic E-state index is 11.8. The van der Waals surface area contributed by atoms with Crippen LogP contribution < -0.4 is 5.32 Å². The van der Waals surface area contributed by atoms with Gasteiger partial charge < -0.3 is 14.5 Å². The highest BCUT2D eigenvalue weighted by molar-refractivity contribution is 6.32. The Kier molecular flexibility index (Phi) is 3.79. The summed E-state index contributed by atoms with van der Waals surface area (Å²) >= 11 is 6.24. The largest absolute Gasteiger partial charge is 0.472 e. The molecule has 0 aliphatic carbocycles. The first-order valence-corrected chi connectivity index (χ1v) is 6.99. The molecule has 0 radical (unpaired) electrons. The van der Waals surface area contributed by atoms with Gasteiger partial charge in [-0.25, -0.2) is 9.78 Å². The summed E-state index contributed by atoms with van der Waals surface area (Å²) < 4.78 is 11.3. The minimum absolute atomic E-state index is 0.0230. The quantitative estimate of drug-likeness (QED) is 0.745. The average Bonchev–Trinajstić information content (AvgIpc) is 3.15. The summed E-state index contributed by atoms with van der Waals surface area (Å²) in [6.45, 7) is 1.38. The van der Waals surface area contributed by atoms with E-state index in [9.17, 15) is 9.59 Å². The van der Waals surface area contributed by atoms with Gasteiger partial charge in [-0.2, -0.15) is 0 Å². The molecule has 0 bridgehead atoms. The van der Waals surface area contributed by atoms with Crippen molar-refractivity contribution < 1.29 is 18.7 Å². The van der Waals surface area contributed by atoms with Crippen molar-refractivity contribution >= 4 is 34.8 Å². The molecule has 8 heteroatoms. The van der Waals surface area contributed by atoms with Crippen LogP contribution in [-0.4, -0.2) is 28.4 Å². The number of rotatable bonds is 3. The second-order valence-electron chi connectivity index (χ2n) is 4.77.